The van der Waals surface area contributed by atoms with Gasteiger partial charge in [0.25, 0.3) is 0 Å². The zero-order chi connectivity index (χ0) is 13.8. The number of aromatic nitrogens is 2. The van der Waals surface area contributed by atoms with Crippen LogP contribution in [-0.2, 0) is 4.43 Å². The highest BCUT2D eigenvalue weighted by Crippen LogP contribution is 2.36. The Balaban J connectivity index is 2.33. The SMILES string of the molecule is CC(C)(C)[Si](C)(C)OCCOc1ncc(N)cn1. The van der Waals surface area contributed by atoms with Crippen molar-refractivity contribution in [3.05, 3.63) is 12.4 Å². The average molecular weight is 269 g/mol. The largest absolute Gasteiger partial charge is 0.461 e. The van der Waals surface area contributed by atoms with E-state index in [2.05, 4.69) is 43.8 Å². The molecule has 0 spiro atoms. The van der Waals surface area contributed by atoms with Gasteiger partial charge in [-0.25, -0.2) is 9.97 Å². The summed E-state index contributed by atoms with van der Waals surface area (Å²) in [4.78, 5) is 7.92. The predicted molar refractivity (Wildman–Crippen MR) is 75.1 cm³/mol. The Morgan fingerprint density at radius 2 is 1.72 bits per heavy atom. The van der Waals surface area contributed by atoms with E-state index in [0.29, 0.717) is 24.9 Å². The van der Waals surface area contributed by atoms with E-state index in [0.717, 1.165) is 0 Å². The van der Waals surface area contributed by atoms with Gasteiger partial charge in [0.2, 0.25) is 0 Å². The second-order valence-corrected chi connectivity index (χ2v) is 10.6. The average Bonchev–Trinajstić information content (AvgIpc) is 2.25. The lowest BCUT2D eigenvalue weighted by Crippen LogP contribution is -2.41. The van der Waals surface area contributed by atoms with Crippen LogP contribution in [0.15, 0.2) is 12.4 Å². The lowest BCUT2D eigenvalue weighted by atomic mass is 10.2. The number of hydrogen-bond donors (Lipinski definition) is 1. The summed E-state index contributed by atoms with van der Waals surface area (Å²) in [5.41, 5.74) is 6.01. The van der Waals surface area contributed by atoms with Gasteiger partial charge in [0, 0.05) is 0 Å². The van der Waals surface area contributed by atoms with Gasteiger partial charge in [0.1, 0.15) is 6.61 Å². The van der Waals surface area contributed by atoms with Crippen LogP contribution in [0.5, 0.6) is 6.01 Å². The van der Waals surface area contributed by atoms with Gasteiger partial charge in [-0.1, -0.05) is 20.8 Å². The molecule has 0 bridgehead atoms. The van der Waals surface area contributed by atoms with Crippen molar-refractivity contribution in [2.24, 2.45) is 0 Å². The summed E-state index contributed by atoms with van der Waals surface area (Å²) < 4.78 is 11.4. The van der Waals surface area contributed by atoms with Crippen LogP contribution in [0.2, 0.25) is 18.1 Å². The van der Waals surface area contributed by atoms with Crippen LogP contribution in [0.25, 0.3) is 0 Å². The van der Waals surface area contributed by atoms with Crippen LogP contribution in [0.3, 0.4) is 0 Å². The number of ether oxygens (including phenoxy) is 1. The van der Waals surface area contributed by atoms with E-state index >= 15 is 0 Å². The molecule has 1 rings (SSSR count). The molecule has 0 aromatic carbocycles. The Bertz CT molecular complexity index is 374. The molecule has 2 N–H and O–H groups in total. The highest BCUT2D eigenvalue weighted by Gasteiger charge is 2.36. The van der Waals surface area contributed by atoms with Crippen LogP contribution in [0.1, 0.15) is 20.8 Å². The maximum atomic E-state index is 5.97. The van der Waals surface area contributed by atoms with Crippen molar-refractivity contribution >= 4 is 14.0 Å². The van der Waals surface area contributed by atoms with Crippen LogP contribution in [-0.4, -0.2) is 31.5 Å². The molecule has 0 unspecified atom stereocenters. The molecule has 0 fully saturated rings. The van der Waals surface area contributed by atoms with Gasteiger partial charge in [-0.3, -0.25) is 0 Å². The number of hydrogen-bond acceptors (Lipinski definition) is 5. The molecule has 6 heteroatoms. The quantitative estimate of drug-likeness (QED) is 0.657. The Labute approximate surface area is 110 Å². The normalized spacial score (nSPS) is 12.5. The third-order valence-corrected chi connectivity index (χ3v) is 7.77. The van der Waals surface area contributed by atoms with Gasteiger partial charge in [0.15, 0.2) is 8.32 Å². The third-order valence-electron chi connectivity index (χ3n) is 3.23. The van der Waals surface area contributed by atoms with E-state index in [1.165, 1.54) is 12.4 Å². The maximum Gasteiger partial charge on any atom is 0.316 e. The highest BCUT2D eigenvalue weighted by molar-refractivity contribution is 6.74. The summed E-state index contributed by atoms with van der Waals surface area (Å²) >= 11 is 0. The van der Waals surface area contributed by atoms with E-state index in [4.69, 9.17) is 14.9 Å². The summed E-state index contributed by atoms with van der Waals surface area (Å²) in [7, 11) is -1.69. The molecule has 1 aromatic rings. The standard InChI is InChI=1S/C12H23N3O2Si/c1-12(2,3)18(4,5)17-7-6-16-11-14-8-10(13)9-15-11/h8-9H,6-7,13H2,1-5H3. The fourth-order valence-corrected chi connectivity index (χ4v) is 2.07. The first-order valence-electron chi connectivity index (χ1n) is 6.07. The number of nitrogens with two attached hydrogens (primary N) is 1. The summed E-state index contributed by atoms with van der Waals surface area (Å²) in [6.45, 7) is 12.1. The number of anilines is 1. The molecule has 0 saturated heterocycles. The lowest BCUT2D eigenvalue weighted by molar-refractivity contribution is 0.194. The van der Waals surface area contributed by atoms with Gasteiger partial charge >= 0.3 is 6.01 Å². The minimum absolute atomic E-state index is 0.213. The molecule has 0 radical (unpaired) electrons. The lowest BCUT2D eigenvalue weighted by Gasteiger charge is -2.36. The molecular formula is C12H23N3O2Si. The minimum Gasteiger partial charge on any atom is -0.461 e. The van der Waals surface area contributed by atoms with E-state index in [-0.39, 0.29) is 5.04 Å². The number of nitrogen functional groups attached to an aromatic ring is 1. The van der Waals surface area contributed by atoms with Crippen LogP contribution < -0.4 is 10.5 Å². The van der Waals surface area contributed by atoms with Crippen molar-refractivity contribution in [2.45, 2.75) is 38.9 Å². The molecule has 1 heterocycles. The monoisotopic (exact) mass is 269 g/mol. The molecule has 0 atom stereocenters. The molecule has 18 heavy (non-hydrogen) atoms. The van der Waals surface area contributed by atoms with Crippen LogP contribution in [0.4, 0.5) is 5.69 Å². The van der Waals surface area contributed by atoms with Gasteiger partial charge in [0.05, 0.1) is 24.7 Å². The van der Waals surface area contributed by atoms with Gasteiger partial charge in [-0.2, -0.15) is 0 Å². The molecule has 1 aromatic heterocycles. The van der Waals surface area contributed by atoms with Gasteiger partial charge in [-0.05, 0) is 18.1 Å². The fraction of sp³-hybridized carbons (Fsp3) is 0.667. The second-order valence-electron chi connectivity index (χ2n) is 5.76. The van der Waals surface area contributed by atoms with E-state index in [1.54, 1.807) is 0 Å². The Morgan fingerprint density at radius 3 is 2.22 bits per heavy atom. The van der Waals surface area contributed by atoms with Crippen molar-refractivity contribution < 1.29 is 9.16 Å². The Kier molecular flexibility index (Phi) is 4.69. The maximum absolute atomic E-state index is 5.97. The molecule has 0 saturated carbocycles. The molecule has 0 aliphatic rings. The van der Waals surface area contributed by atoms with Crippen molar-refractivity contribution in [3.63, 3.8) is 0 Å². The molecule has 102 valence electrons. The summed E-state index contributed by atoms with van der Waals surface area (Å²) in [5, 5.41) is 0.213. The van der Waals surface area contributed by atoms with Crippen LogP contribution in [0, 0.1) is 0 Å². The first-order valence-corrected chi connectivity index (χ1v) is 8.97. The minimum atomic E-state index is -1.69. The van der Waals surface area contributed by atoms with Crippen molar-refractivity contribution in [3.8, 4) is 6.01 Å². The Morgan fingerprint density at radius 1 is 1.17 bits per heavy atom. The molecular weight excluding hydrogens is 246 g/mol. The van der Waals surface area contributed by atoms with E-state index in [9.17, 15) is 0 Å². The smallest absolute Gasteiger partial charge is 0.316 e. The van der Waals surface area contributed by atoms with Gasteiger partial charge < -0.3 is 14.9 Å². The first-order chi connectivity index (χ1) is 8.22. The molecule has 5 nitrogen and oxygen atoms in total. The summed E-state index contributed by atoms with van der Waals surface area (Å²) in [5.74, 6) is 0. The fourth-order valence-electron chi connectivity index (χ4n) is 1.05. The summed E-state index contributed by atoms with van der Waals surface area (Å²) in [6, 6.07) is 0.336. The zero-order valence-electron chi connectivity index (χ0n) is 11.9. The highest BCUT2D eigenvalue weighted by atomic mass is 28.4. The number of rotatable bonds is 5. The van der Waals surface area contributed by atoms with Crippen molar-refractivity contribution in [2.75, 3.05) is 18.9 Å². The van der Waals surface area contributed by atoms with E-state index in [1.807, 2.05) is 0 Å². The van der Waals surface area contributed by atoms with Gasteiger partial charge in [-0.15, -0.1) is 0 Å². The van der Waals surface area contributed by atoms with E-state index < -0.39 is 8.32 Å². The second kappa shape index (κ2) is 5.66. The topological polar surface area (TPSA) is 70.3 Å². The van der Waals surface area contributed by atoms with Crippen molar-refractivity contribution in [1.29, 1.82) is 0 Å². The zero-order valence-corrected chi connectivity index (χ0v) is 12.9. The Hall–Kier alpha value is -1.14. The molecule has 0 aliphatic heterocycles. The summed E-state index contributed by atoms with van der Waals surface area (Å²) in [6.07, 6.45) is 3.05. The molecule has 0 amide bonds. The molecule has 0 aliphatic carbocycles. The van der Waals surface area contributed by atoms with Crippen molar-refractivity contribution in [1.82, 2.24) is 9.97 Å². The third kappa shape index (κ3) is 4.27. The van der Waals surface area contributed by atoms with Crippen LogP contribution >= 0.6 is 0 Å². The number of nitrogens with zero attached hydrogens (tertiary/aromatic N) is 2. The predicted octanol–water partition coefficient (Wildman–Crippen LogP) is 2.46. The first kappa shape index (κ1) is 14.9.